The predicted octanol–water partition coefficient (Wildman–Crippen LogP) is 2.84. The maximum Gasteiger partial charge on any atom is 0.0822 e. The Bertz CT molecular complexity index is 273. The molecule has 0 aliphatic heterocycles. The van der Waals surface area contributed by atoms with E-state index in [2.05, 4.69) is 15.9 Å². The average molecular weight is 279 g/mol. The van der Waals surface area contributed by atoms with E-state index in [0.29, 0.717) is 13.0 Å². The van der Waals surface area contributed by atoms with Crippen molar-refractivity contribution in [1.82, 2.24) is 0 Å². The number of rotatable bonds is 5. The minimum atomic E-state index is -0.410. The summed E-state index contributed by atoms with van der Waals surface area (Å²) in [6, 6.07) is 2.00. The van der Waals surface area contributed by atoms with Gasteiger partial charge < -0.3 is 9.84 Å². The molecule has 1 unspecified atom stereocenters. The van der Waals surface area contributed by atoms with Gasteiger partial charge in [-0.1, -0.05) is 0 Å². The molecule has 0 radical (unpaired) electrons. The molecule has 1 N–H and O–H groups in total. The Labute approximate surface area is 97.0 Å². The Morgan fingerprint density at radius 3 is 2.79 bits per heavy atom. The van der Waals surface area contributed by atoms with Crippen molar-refractivity contribution < 1.29 is 9.84 Å². The van der Waals surface area contributed by atoms with Crippen LogP contribution in [0.2, 0.25) is 0 Å². The molecule has 4 heteroatoms. The molecule has 1 atom stereocenters. The lowest BCUT2D eigenvalue weighted by Crippen LogP contribution is -2.20. The number of aliphatic hydroxyl groups excluding tert-OH is 1. The normalized spacial score (nSPS) is 13.5. The molecule has 0 saturated carbocycles. The van der Waals surface area contributed by atoms with Gasteiger partial charge in [0.1, 0.15) is 0 Å². The Morgan fingerprint density at radius 2 is 2.29 bits per heavy atom. The first kappa shape index (κ1) is 12.2. The van der Waals surface area contributed by atoms with E-state index in [9.17, 15) is 5.11 Å². The molecule has 0 aromatic carbocycles. The van der Waals surface area contributed by atoms with Gasteiger partial charge in [-0.05, 0) is 41.2 Å². The van der Waals surface area contributed by atoms with Gasteiger partial charge in [0.25, 0.3) is 0 Å². The van der Waals surface area contributed by atoms with E-state index >= 15 is 0 Å². The van der Waals surface area contributed by atoms with Crippen LogP contribution < -0.4 is 0 Å². The minimum absolute atomic E-state index is 0.177. The van der Waals surface area contributed by atoms with E-state index in [1.807, 2.05) is 25.3 Å². The monoisotopic (exact) mass is 278 g/mol. The predicted molar refractivity (Wildman–Crippen MR) is 62.8 cm³/mol. The second-order valence-electron chi connectivity index (χ2n) is 3.43. The number of halogens is 1. The first-order valence-electron chi connectivity index (χ1n) is 4.61. The highest BCUT2D eigenvalue weighted by Crippen LogP contribution is 2.23. The number of thiophene rings is 1. The van der Waals surface area contributed by atoms with Crippen LogP contribution in [0.15, 0.2) is 15.9 Å². The van der Waals surface area contributed by atoms with Gasteiger partial charge in [-0.3, -0.25) is 0 Å². The van der Waals surface area contributed by atoms with Crippen LogP contribution in [0.5, 0.6) is 0 Å². The zero-order chi connectivity index (χ0) is 10.6. The van der Waals surface area contributed by atoms with Gasteiger partial charge in [0.15, 0.2) is 0 Å². The summed E-state index contributed by atoms with van der Waals surface area (Å²) in [6.45, 7) is 4.34. The SMILES string of the molecule is CC(C)OCC(O)Cc1sccc1Br. The fraction of sp³-hybridized carbons (Fsp3) is 0.600. The van der Waals surface area contributed by atoms with Gasteiger partial charge in [-0.25, -0.2) is 0 Å². The van der Waals surface area contributed by atoms with Crippen LogP contribution in [0.1, 0.15) is 18.7 Å². The topological polar surface area (TPSA) is 29.5 Å². The third-order valence-corrected chi connectivity index (χ3v) is 3.68. The van der Waals surface area contributed by atoms with Crippen molar-refractivity contribution in [2.75, 3.05) is 6.61 Å². The summed E-state index contributed by atoms with van der Waals surface area (Å²) in [7, 11) is 0. The van der Waals surface area contributed by atoms with Gasteiger partial charge in [-0.2, -0.15) is 0 Å². The summed E-state index contributed by atoms with van der Waals surface area (Å²) in [5.41, 5.74) is 0. The van der Waals surface area contributed by atoms with E-state index in [-0.39, 0.29) is 6.10 Å². The summed E-state index contributed by atoms with van der Waals surface area (Å²) in [5, 5.41) is 11.7. The number of hydrogen-bond acceptors (Lipinski definition) is 3. The van der Waals surface area contributed by atoms with E-state index in [1.54, 1.807) is 11.3 Å². The van der Waals surface area contributed by atoms with Crippen LogP contribution in [0.3, 0.4) is 0 Å². The molecule has 0 amide bonds. The van der Waals surface area contributed by atoms with Crippen LogP contribution >= 0.6 is 27.3 Å². The summed E-state index contributed by atoms with van der Waals surface area (Å²) < 4.78 is 6.41. The average Bonchev–Trinajstić information content (AvgIpc) is 2.49. The number of ether oxygens (including phenoxy) is 1. The van der Waals surface area contributed by atoms with Gasteiger partial charge in [0, 0.05) is 15.8 Å². The van der Waals surface area contributed by atoms with Crippen LogP contribution in [0, 0.1) is 0 Å². The third-order valence-electron chi connectivity index (χ3n) is 1.73. The van der Waals surface area contributed by atoms with Gasteiger partial charge in [-0.15, -0.1) is 11.3 Å². The number of aliphatic hydroxyl groups is 1. The second-order valence-corrected chi connectivity index (χ2v) is 5.29. The maximum absolute atomic E-state index is 9.66. The molecule has 0 bridgehead atoms. The fourth-order valence-electron chi connectivity index (χ4n) is 1.05. The molecule has 0 saturated heterocycles. The van der Waals surface area contributed by atoms with Crippen LogP contribution in [0.25, 0.3) is 0 Å². The minimum Gasteiger partial charge on any atom is -0.390 e. The largest absolute Gasteiger partial charge is 0.390 e. The summed E-state index contributed by atoms with van der Waals surface area (Å²) in [5.74, 6) is 0. The lowest BCUT2D eigenvalue weighted by molar-refractivity contribution is 0.00645. The second kappa shape index (κ2) is 5.85. The standard InChI is InChI=1S/C10H15BrO2S/c1-7(2)13-6-8(12)5-10-9(11)3-4-14-10/h3-4,7-8,12H,5-6H2,1-2H3. The Balaban J connectivity index is 2.34. The fourth-order valence-corrected chi connectivity index (χ4v) is 2.63. The van der Waals surface area contributed by atoms with Crippen molar-refractivity contribution in [1.29, 1.82) is 0 Å². The molecular weight excluding hydrogens is 264 g/mol. The lowest BCUT2D eigenvalue weighted by Gasteiger charge is -2.12. The lowest BCUT2D eigenvalue weighted by atomic mass is 10.2. The smallest absolute Gasteiger partial charge is 0.0822 e. The van der Waals surface area contributed by atoms with E-state index in [4.69, 9.17) is 4.74 Å². The van der Waals surface area contributed by atoms with Crippen molar-refractivity contribution in [3.8, 4) is 0 Å². The van der Waals surface area contributed by atoms with E-state index in [0.717, 1.165) is 4.47 Å². The van der Waals surface area contributed by atoms with E-state index in [1.165, 1.54) is 4.88 Å². The van der Waals surface area contributed by atoms with Gasteiger partial charge in [0.05, 0.1) is 18.8 Å². The highest BCUT2D eigenvalue weighted by Gasteiger charge is 2.10. The van der Waals surface area contributed by atoms with Gasteiger partial charge in [0.2, 0.25) is 0 Å². The molecule has 1 aromatic rings. The molecule has 0 aliphatic carbocycles. The van der Waals surface area contributed by atoms with E-state index < -0.39 is 6.10 Å². The number of hydrogen-bond donors (Lipinski definition) is 1. The third kappa shape index (κ3) is 4.09. The molecule has 14 heavy (non-hydrogen) atoms. The molecule has 0 spiro atoms. The molecule has 80 valence electrons. The highest BCUT2D eigenvalue weighted by molar-refractivity contribution is 9.10. The molecule has 1 aromatic heterocycles. The summed E-state index contributed by atoms with van der Waals surface area (Å²) in [6.07, 6.45) is 0.425. The Hall–Kier alpha value is 0.100. The van der Waals surface area contributed by atoms with Crippen LogP contribution in [-0.2, 0) is 11.2 Å². The molecule has 0 aliphatic rings. The van der Waals surface area contributed by atoms with Gasteiger partial charge >= 0.3 is 0 Å². The van der Waals surface area contributed by atoms with Crippen molar-refractivity contribution in [2.45, 2.75) is 32.5 Å². The molecule has 1 heterocycles. The first-order chi connectivity index (χ1) is 6.59. The van der Waals surface area contributed by atoms with Crippen molar-refractivity contribution in [2.24, 2.45) is 0 Å². The summed E-state index contributed by atoms with van der Waals surface area (Å²) >= 11 is 5.08. The molecule has 0 fully saturated rings. The highest BCUT2D eigenvalue weighted by atomic mass is 79.9. The zero-order valence-electron chi connectivity index (χ0n) is 8.37. The van der Waals surface area contributed by atoms with Crippen LogP contribution in [-0.4, -0.2) is 23.9 Å². The molecular formula is C10H15BrO2S. The Kier molecular flexibility index (Phi) is 5.09. The van der Waals surface area contributed by atoms with Crippen LogP contribution in [0.4, 0.5) is 0 Å². The maximum atomic E-state index is 9.66. The Morgan fingerprint density at radius 1 is 1.57 bits per heavy atom. The molecule has 1 rings (SSSR count). The zero-order valence-corrected chi connectivity index (χ0v) is 10.8. The van der Waals surface area contributed by atoms with Crippen molar-refractivity contribution >= 4 is 27.3 Å². The van der Waals surface area contributed by atoms with Crippen molar-refractivity contribution in [3.05, 3.63) is 20.8 Å². The summed E-state index contributed by atoms with van der Waals surface area (Å²) in [4.78, 5) is 1.17. The molecule has 2 nitrogen and oxygen atoms in total. The first-order valence-corrected chi connectivity index (χ1v) is 6.28. The van der Waals surface area contributed by atoms with Crippen molar-refractivity contribution in [3.63, 3.8) is 0 Å². The quantitative estimate of drug-likeness (QED) is 0.898.